The minimum Gasteiger partial charge on any atom is -0.312 e. The van der Waals surface area contributed by atoms with Gasteiger partial charge in [-0.15, -0.1) is 0 Å². The second-order valence-electron chi connectivity index (χ2n) is 8.80. The fourth-order valence-electron chi connectivity index (χ4n) is 4.32. The van der Waals surface area contributed by atoms with E-state index in [1.54, 1.807) is 18.2 Å². The number of hydrogen-bond acceptors (Lipinski definition) is 6. The Morgan fingerprint density at radius 2 is 1.82 bits per heavy atom. The van der Waals surface area contributed by atoms with Crippen LogP contribution in [0, 0.1) is 5.92 Å². The number of benzene rings is 2. The zero-order valence-electron chi connectivity index (χ0n) is 19.3. The van der Waals surface area contributed by atoms with Gasteiger partial charge in [0.05, 0.1) is 11.7 Å². The van der Waals surface area contributed by atoms with Crippen molar-refractivity contribution in [2.75, 3.05) is 24.5 Å². The van der Waals surface area contributed by atoms with Gasteiger partial charge in [-0.3, -0.25) is 4.79 Å². The molecule has 0 radical (unpaired) electrons. The average molecular weight is 487 g/mol. The second kappa shape index (κ2) is 9.87. The molecule has 1 saturated heterocycles. The molecule has 7 nitrogen and oxygen atoms in total. The van der Waals surface area contributed by atoms with Crippen molar-refractivity contribution in [2.45, 2.75) is 50.8 Å². The normalized spacial score (nSPS) is 15.9. The molecular formula is C24H30N4O3S2. The lowest BCUT2D eigenvalue weighted by atomic mass is 9.96. The van der Waals surface area contributed by atoms with E-state index in [9.17, 15) is 13.2 Å². The van der Waals surface area contributed by atoms with E-state index in [1.165, 1.54) is 9.87 Å². The largest absolute Gasteiger partial charge is 0.312 e. The SMILES string of the molecule is CCCN(C(=O)C1CCN(S(=O)(=O)c2cccc3nsnc23)CC1)c1ccc(C(C)C)cc1. The first kappa shape index (κ1) is 23.8. The number of carbonyl (C=O) groups excluding carboxylic acids is 1. The zero-order valence-corrected chi connectivity index (χ0v) is 20.9. The Hall–Kier alpha value is -2.36. The van der Waals surface area contributed by atoms with Crippen molar-refractivity contribution >= 4 is 44.4 Å². The Labute approximate surface area is 199 Å². The van der Waals surface area contributed by atoms with Crippen LogP contribution in [0.5, 0.6) is 0 Å². The quantitative estimate of drug-likeness (QED) is 0.485. The van der Waals surface area contributed by atoms with Crippen molar-refractivity contribution in [2.24, 2.45) is 5.92 Å². The van der Waals surface area contributed by atoms with E-state index in [0.717, 1.165) is 23.8 Å². The van der Waals surface area contributed by atoms with E-state index in [0.29, 0.717) is 49.4 Å². The third kappa shape index (κ3) is 4.81. The van der Waals surface area contributed by atoms with Crippen LogP contribution in [0.25, 0.3) is 11.0 Å². The third-order valence-electron chi connectivity index (χ3n) is 6.25. The van der Waals surface area contributed by atoms with Gasteiger partial charge in [0.25, 0.3) is 0 Å². The summed E-state index contributed by atoms with van der Waals surface area (Å²) in [5, 5.41) is 0. The number of sulfonamides is 1. The number of fused-ring (bicyclic) bond motifs is 1. The van der Waals surface area contributed by atoms with Crippen molar-refractivity contribution in [3.05, 3.63) is 48.0 Å². The highest BCUT2D eigenvalue weighted by Crippen LogP contribution is 2.30. The molecule has 33 heavy (non-hydrogen) atoms. The summed E-state index contributed by atoms with van der Waals surface area (Å²) < 4.78 is 36.4. The maximum Gasteiger partial charge on any atom is 0.245 e. The first-order chi connectivity index (χ1) is 15.8. The lowest BCUT2D eigenvalue weighted by Gasteiger charge is -2.33. The second-order valence-corrected chi connectivity index (χ2v) is 11.2. The smallest absolute Gasteiger partial charge is 0.245 e. The topological polar surface area (TPSA) is 83.5 Å². The van der Waals surface area contributed by atoms with Crippen molar-refractivity contribution < 1.29 is 13.2 Å². The van der Waals surface area contributed by atoms with E-state index < -0.39 is 10.0 Å². The molecule has 0 spiro atoms. The Morgan fingerprint density at radius 3 is 2.45 bits per heavy atom. The molecule has 0 bridgehead atoms. The first-order valence-corrected chi connectivity index (χ1v) is 13.6. The van der Waals surface area contributed by atoms with E-state index >= 15 is 0 Å². The van der Waals surface area contributed by atoms with Crippen LogP contribution in [-0.2, 0) is 14.8 Å². The van der Waals surface area contributed by atoms with Crippen LogP contribution in [0.3, 0.4) is 0 Å². The van der Waals surface area contributed by atoms with Crippen molar-refractivity contribution in [1.29, 1.82) is 0 Å². The molecule has 0 aliphatic carbocycles. The van der Waals surface area contributed by atoms with Gasteiger partial charge in [0.15, 0.2) is 0 Å². The van der Waals surface area contributed by atoms with Gasteiger partial charge in [0.1, 0.15) is 15.9 Å². The Morgan fingerprint density at radius 1 is 1.12 bits per heavy atom. The standard InChI is InChI=1S/C24H30N4O3S2/c1-4-14-28(20-10-8-18(9-11-20)17(2)3)24(29)19-12-15-27(16-13-19)33(30,31)22-7-5-6-21-23(22)26-32-25-21/h5-11,17,19H,4,12-16H2,1-3H3. The molecule has 0 unspecified atom stereocenters. The lowest BCUT2D eigenvalue weighted by Crippen LogP contribution is -2.44. The van der Waals surface area contributed by atoms with E-state index in [-0.39, 0.29) is 16.7 Å². The molecule has 4 rings (SSSR count). The molecule has 176 valence electrons. The van der Waals surface area contributed by atoms with Gasteiger partial charge in [-0.25, -0.2) is 8.42 Å². The van der Waals surface area contributed by atoms with Crippen molar-refractivity contribution in [3.63, 3.8) is 0 Å². The van der Waals surface area contributed by atoms with Gasteiger partial charge in [-0.1, -0.05) is 39.0 Å². The Kier molecular flexibility index (Phi) is 7.11. The average Bonchev–Trinajstić information content (AvgIpc) is 3.31. The number of rotatable bonds is 7. The van der Waals surface area contributed by atoms with Crippen molar-refractivity contribution in [3.8, 4) is 0 Å². The summed E-state index contributed by atoms with van der Waals surface area (Å²) in [6.07, 6.45) is 1.87. The van der Waals surface area contributed by atoms with Gasteiger partial charge < -0.3 is 4.90 Å². The number of anilines is 1. The summed E-state index contributed by atoms with van der Waals surface area (Å²) in [4.78, 5) is 15.5. The van der Waals surface area contributed by atoms with Gasteiger partial charge >= 0.3 is 0 Å². The lowest BCUT2D eigenvalue weighted by molar-refractivity contribution is -0.123. The third-order valence-corrected chi connectivity index (χ3v) is 8.73. The molecule has 1 amide bonds. The molecular weight excluding hydrogens is 456 g/mol. The van der Waals surface area contributed by atoms with Crippen molar-refractivity contribution in [1.82, 2.24) is 13.1 Å². The maximum absolute atomic E-state index is 13.4. The van der Waals surface area contributed by atoms with Crippen LogP contribution >= 0.6 is 11.7 Å². The molecule has 2 aromatic carbocycles. The fraction of sp³-hybridized carbons (Fsp3) is 0.458. The molecule has 9 heteroatoms. The number of carbonyl (C=O) groups is 1. The summed E-state index contributed by atoms with van der Waals surface area (Å²) in [7, 11) is -3.69. The summed E-state index contributed by atoms with van der Waals surface area (Å²) in [6, 6.07) is 13.2. The number of amides is 1. The molecule has 1 fully saturated rings. The van der Waals surface area contributed by atoms with E-state index in [4.69, 9.17) is 0 Å². The van der Waals surface area contributed by atoms with Gasteiger partial charge in [-0.2, -0.15) is 13.1 Å². The summed E-state index contributed by atoms with van der Waals surface area (Å²) >= 11 is 1.01. The summed E-state index contributed by atoms with van der Waals surface area (Å²) in [6.45, 7) is 7.65. The molecule has 0 saturated carbocycles. The van der Waals surface area contributed by atoms with Gasteiger partial charge in [0, 0.05) is 31.2 Å². The van der Waals surface area contributed by atoms with Gasteiger partial charge in [0.2, 0.25) is 15.9 Å². The number of piperidine rings is 1. The summed E-state index contributed by atoms with van der Waals surface area (Å²) in [5.74, 6) is 0.327. The highest BCUT2D eigenvalue weighted by Gasteiger charge is 2.35. The van der Waals surface area contributed by atoms with Crippen LogP contribution in [0.1, 0.15) is 51.5 Å². The number of aromatic nitrogens is 2. The molecule has 1 aliphatic rings. The Balaban J connectivity index is 1.48. The monoisotopic (exact) mass is 486 g/mol. The van der Waals surface area contributed by atoms with Gasteiger partial charge in [-0.05, 0) is 55.0 Å². The number of nitrogens with zero attached hydrogens (tertiary/aromatic N) is 4. The molecule has 3 aromatic rings. The van der Waals surface area contributed by atoms with E-state index in [2.05, 4.69) is 41.7 Å². The predicted octanol–water partition coefficient (Wildman–Crippen LogP) is 4.66. The highest BCUT2D eigenvalue weighted by atomic mass is 32.2. The molecule has 2 heterocycles. The highest BCUT2D eigenvalue weighted by molar-refractivity contribution is 7.89. The zero-order chi connectivity index (χ0) is 23.6. The van der Waals surface area contributed by atoms with Crippen LogP contribution in [0.15, 0.2) is 47.4 Å². The molecule has 1 aliphatic heterocycles. The maximum atomic E-state index is 13.4. The molecule has 0 atom stereocenters. The van der Waals surface area contributed by atoms with Crippen LogP contribution in [-0.4, -0.2) is 47.0 Å². The minimum absolute atomic E-state index is 0.0806. The number of hydrogen-bond donors (Lipinski definition) is 0. The summed E-state index contributed by atoms with van der Waals surface area (Å²) in [5.41, 5.74) is 3.15. The first-order valence-electron chi connectivity index (χ1n) is 11.5. The Bertz CT molecular complexity index is 1210. The molecule has 0 N–H and O–H groups in total. The van der Waals surface area contributed by atoms with Crippen LogP contribution in [0.2, 0.25) is 0 Å². The molecule has 1 aromatic heterocycles. The predicted molar refractivity (Wildman–Crippen MR) is 132 cm³/mol. The fourth-order valence-corrected chi connectivity index (χ4v) is 6.54. The van der Waals surface area contributed by atoms with E-state index in [1.807, 2.05) is 17.0 Å². The van der Waals surface area contributed by atoms with Crippen LogP contribution < -0.4 is 4.90 Å². The minimum atomic E-state index is -3.69. The van der Waals surface area contributed by atoms with Crippen LogP contribution in [0.4, 0.5) is 5.69 Å².